The summed E-state index contributed by atoms with van der Waals surface area (Å²) in [5.74, 6) is 0. The van der Waals surface area contributed by atoms with Crippen LogP contribution in [0.25, 0.3) is 0 Å². The monoisotopic (exact) mass is 129 g/mol. The first-order valence-corrected chi connectivity index (χ1v) is 2.65. The average Bonchev–Trinajstić information content (AvgIpc) is 1.63. The molecule has 0 amide bonds. The molecule has 0 unspecified atom stereocenters. The lowest BCUT2D eigenvalue weighted by atomic mass is 10.1. The minimum absolute atomic E-state index is 0.0830. The standard InChI is InChI=1S/C5H11N3O/c1-5(2,3)7-8-6-4-9/h7-8H,1-3H3. The number of hydrazone groups is 1. The molecule has 0 aliphatic rings. The van der Waals surface area contributed by atoms with Crippen molar-refractivity contribution >= 4 is 6.08 Å². The van der Waals surface area contributed by atoms with E-state index in [0.717, 1.165) is 0 Å². The Morgan fingerprint density at radius 3 is 2.33 bits per heavy atom. The molecule has 0 fully saturated rings. The fourth-order valence-corrected chi connectivity index (χ4v) is 0.218. The zero-order valence-corrected chi connectivity index (χ0v) is 5.86. The summed E-state index contributed by atoms with van der Waals surface area (Å²) < 4.78 is 0. The number of hydrogen-bond donors (Lipinski definition) is 2. The average molecular weight is 129 g/mol. The first kappa shape index (κ1) is 8.14. The van der Waals surface area contributed by atoms with Crippen LogP contribution in [0.3, 0.4) is 0 Å². The molecule has 9 heavy (non-hydrogen) atoms. The summed E-state index contributed by atoms with van der Waals surface area (Å²) in [6, 6.07) is 0. The molecule has 0 saturated heterocycles. The van der Waals surface area contributed by atoms with Gasteiger partial charge in [0.2, 0.25) is 0 Å². The van der Waals surface area contributed by atoms with Gasteiger partial charge in [0, 0.05) is 5.54 Å². The number of isocyanates is 1. The van der Waals surface area contributed by atoms with Crippen LogP contribution in [0.2, 0.25) is 0 Å². The summed E-state index contributed by atoms with van der Waals surface area (Å²) in [6.45, 7) is 5.83. The van der Waals surface area contributed by atoms with Crippen molar-refractivity contribution in [3.8, 4) is 0 Å². The summed E-state index contributed by atoms with van der Waals surface area (Å²) >= 11 is 0. The predicted octanol–water partition coefficient (Wildman–Crippen LogP) is 0.130. The Hall–Kier alpha value is -0.860. The van der Waals surface area contributed by atoms with E-state index in [4.69, 9.17) is 0 Å². The smallest absolute Gasteiger partial charge is 0.231 e. The van der Waals surface area contributed by atoms with Crippen molar-refractivity contribution in [2.24, 2.45) is 5.10 Å². The van der Waals surface area contributed by atoms with Gasteiger partial charge in [-0.25, -0.2) is 15.8 Å². The molecule has 0 saturated carbocycles. The molecular formula is C5H11N3O. The van der Waals surface area contributed by atoms with E-state index in [2.05, 4.69) is 16.1 Å². The molecule has 0 aliphatic heterocycles. The summed E-state index contributed by atoms with van der Waals surface area (Å²) in [4.78, 5) is 9.50. The highest BCUT2D eigenvalue weighted by Gasteiger charge is 2.06. The number of rotatable bonds is 2. The van der Waals surface area contributed by atoms with E-state index < -0.39 is 0 Å². The Balaban J connectivity index is 3.39. The maximum atomic E-state index is 9.50. The van der Waals surface area contributed by atoms with Crippen LogP contribution in [0.15, 0.2) is 5.10 Å². The Kier molecular flexibility index (Phi) is 2.91. The molecule has 4 nitrogen and oxygen atoms in total. The number of nitrogens with one attached hydrogen (secondary N) is 2. The van der Waals surface area contributed by atoms with Gasteiger partial charge >= 0.3 is 0 Å². The van der Waals surface area contributed by atoms with E-state index in [1.54, 1.807) is 0 Å². The molecule has 0 aromatic heterocycles. The third-order valence-corrected chi connectivity index (χ3v) is 0.532. The van der Waals surface area contributed by atoms with Gasteiger partial charge in [0.1, 0.15) is 0 Å². The van der Waals surface area contributed by atoms with Crippen LogP contribution < -0.4 is 11.0 Å². The molecule has 0 aromatic carbocycles. The molecule has 0 aromatic rings. The molecule has 0 heterocycles. The maximum Gasteiger partial charge on any atom is 0.259 e. The van der Waals surface area contributed by atoms with Gasteiger partial charge in [0.15, 0.2) is 0 Å². The second-order valence-electron chi connectivity index (χ2n) is 2.69. The molecule has 0 bridgehead atoms. The molecule has 0 spiro atoms. The van der Waals surface area contributed by atoms with Gasteiger partial charge in [-0.05, 0) is 20.8 Å². The predicted molar refractivity (Wildman–Crippen MR) is 34.1 cm³/mol. The summed E-state index contributed by atoms with van der Waals surface area (Å²) in [6.07, 6.45) is 1.34. The van der Waals surface area contributed by atoms with Crippen molar-refractivity contribution in [1.82, 2.24) is 11.0 Å². The van der Waals surface area contributed by atoms with Crippen molar-refractivity contribution in [1.29, 1.82) is 0 Å². The van der Waals surface area contributed by atoms with Crippen molar-refractivity contribution in [3.63, 3.8) is 0 Å². The summed E-state index contributed by atoms with van der Waals surface area (Å²) in [7, 11) is 0. The van der Waals surface area contributed by atoms with Crippen molar-refractivity contribution in [2.45, 2.75) is 26.3 Å². The fourth-order valence-electron chi connectivity index (χ4n) is 0.218. The quantitative estimate of drug-likeness (QED) is 0.316. The third-order valence-electron chi connectivity index (χ3n) is 0.532. The van der Waals surface area contributed by atoms with E-state index in [9.17, 15) is 4.79 Å². The van der Waals surface area contributed by atoms with E-state index in [1.807, 2.05) is 20.8 Å². The van der Waals surface area contributed by atoms with Crippen molar-refractivity contribution in [3.05, 3.63) is 0 Å². The van der Waals surface area contributed by atoms with Crippen LogP contribution in [0.1, 0.15) is 20.8 Å². The maximum absolute atomic E-state index is 9.50. The molecule has 52 valence electrons. The van der Waals surface area contributed by atoms with E-state index in [1.165, 1.54) is 6.08 Å². The zero-order valence-electron chi connectivity index (χ0n) is 5.86. The topological polar surface area (TPSA) is 53.5 Å². The van der Waals surface area contributed by atoms with E-state index >= 15 is 0 Å². The van der Waals surface area contributed by atoms with Crippen LogP contribution >= 0.6 is 0 Å². The van der Waals surface area contributed by atoms with Crippen molar-refractivity contribution in [2.75, 3.05) is 0 Å². The molecule has 0 aliphatic carbocycles. The highest BCUT2D eigenvalue weighted by Crippen LogP contribution is 1.94. The fraction of sp³-hybridized carbons (Fsp3) is 0.800. The highest BCUT2D eigenvalue weighted by molar-refractivity contribution is 5.31. The minimum Gasteiger partial charge on any atom is -0.231 e. The number of hydrazine groups is 1. The van der Waals surface area contributed by atoms with Crippen LogP contribution in [0.5, 0.6) is 0 Å². The molecule has 0 rings (SSSR count). The minimum atomic E-state index is -0.0830. The van der Waals surface area contributed by atoms with E-state index in [0.29, 0.717) is 0 Å². The lowest BCUT2D eigenvalue weighted by Gasteiger charge is -2.17. The van der Waals surface area contributed by atoms with Gasteiger partial charge in [0.25, 0.3) is 6.08 Å². The van der Waals surface area contributed by atoms with Gasteiger partial charge in [-0.15, -0.1) is 0 Å². The van der Waals surface area contributed by atoms with Gasteiger partial charge in [-0.1, -0.05) is 5.10 Å². The highest BCUT2D eigenvalue weighted by atomic mass is 16.1. The molecule has 0 atom stereocenters. The summed E-state index contributed by atoms with van der Waals surface area (Å²) in [5.41, 5.74) is 4.99. The van der Waals surface area contributed by atoms with Gasteiger partial charge in [-0.3, -0.25) is 0 Å². The summed E-state index contributed by atoms with van der Waals surface area (Å²) in [5, 5.41) is 3.09. The number of carbonyl (C=O) groups excluding carboxylic acids is 1. The van der Waals surface area contributed by atoms with Crippen LogP contribution in [-0.4, -0.2) is 11.6 Å². The Morgan fingerprint density at radius 2 is 2.00 bits per heavy atom. The molecule has 0 radical (unpaired) electrons. The van der Waals surface area contributed by atoms with Crippen molar-refractivity contribution < 1.29 is 4.79 Å². The second kappa shape index (κ2) is 3.22. The zero-order chi connectivity index (χ0) is 7.33. The van der Waals surface area contributed by atoms with Crippen LogP contribution in [0, 0.1) is 0 Å². The normalized spacial score (nSPS) is 10.1. The largest absolute Gasteiger partial charge is 0.259 e. The molecule has 4 heteroatoms. The lowest BCUT2D eigenvalue weighted by Crippen LogP contribution is -2.43. The SMILES string of the molecule is CC(C)(C)NNN=C=O. The van der Waals surface area contributed by atoms with E-state index in [-0.39, 0.29) is 5.54 Å². The number of nitrogens with zero attached hydrogens (tertiary/aromatic N) is 1. The Bertz CT molecular complexity index is 121. The van der Waals surface area contributed by atoms with Crippen LogP contribution in [0.4, 0.5) is 0 Å². The molecule has 2 N–H and O–H groups in total. The Morgan fingerprint density at radius 1 is 1.44 bits per heavy atom. The van der Waals surface area contributed by atoms with Gasteiger partial charge in [-0.2, -0.15) is 0 Å². The van der Waals surface area contributed by atoms with Crippen LogP contribution in [-0.2, 0) is 4.79 Å². The second-order valence-corrected chi connectivity index (χ2v) is 2.69. The third kappa shape index (κ3) is 7.14. The number of hydrogen-bond acceptors (Lipinski definition) is 4. The lowest BCUT2D eigenvalue weighted by molar-refractivity contribution is 0.363. The van der Waals surface area contributed by atoms with Gasteiger partial charge in [0.05, 0.1) is 0 Å². The first-order chi connectivity index (χ1) is 4.06. The first-order valence-electron chi connectivity index (χ1n) is 2.65. The molecular weight excluding hydrogens is 118 g/mol. The van der Waals surface area contributed by atoms with Gasteiger partial charge < -0.3 is 0 Å². The Labute approximate surface area is 54.3 Å².